The molecule has 0 atom stereocenters. The molecular weight excluding hydrogens is 522 g/mol. The molecule has 0 aliphatic heterocycles. The number of amides is 3. The smallest absolute Gasteiger partial charge is 0.276 e. The standard InChI is InChI=1S/C29H33N9O3/c1-5-38-24(15-18(3)35-38)27(41)34-29-33-22-16-20(26(30)40)11-12-23(22)36(29)13-6-7-14-37-25-17(2)9-8-10-21(25)32-28(37)31-19(4)39/h8-12,15-16H,5-7,13-14H2,1-4H3,(H2,30,40)(H,31,32,39)(H,33,34,41). The van der Waals surface area contributed by atoms with E-state index in [1.807, 2.05) is 48.1 Å². The normalized spacial score (nSPS) is 11.3. The molecule has 41 heavy (non-hydrogen) atoms. The van der Waals surface area contributed by atoms with E-state index in [0.29, 0.717) is 48.3 Å². The average Bonchev–Trinajstić information content (AvgIpc) is 3.58. The first-order chi connectivity index (χ1) is 19.7. The zero-order chi connectivity index (χ0) is 29.3. The van der Waals surface area contributed by atoms with Gasteiger partial charge in [-0.05, 0) is 69.5 Å². The Morgan fingerprint density at radius 2 is 1.61 bits per heavy atom. The highest BCUT2D eigenvalue weighted by atomic mass is 16.2. The lowest BCUT2D eigenvalue weighted by Crippen LogP contribution is -2.20. The molecular formula is C29H33N9O3. The summed E-state index contributed by atoms with van der Waals surface area (Å²) >= 11 is 0. The van der Waals surface area contributed by atoms with Gasteiger partial charge in [-0.25, -0.2) is 9.97 Å². The Balaban J connectivity index is 1.41. The molecule has 12 heteroatoms. The van der Waals surface area contributed by atoms with Crippen LogP contribution in [0.4, 0.5) is 11.9 Å². The molecule has 0 aliphatic rings. The van der Waals surface area contributed by atoms with Crippen molar-refractivity contribution < 1.29 is 14.4 Å². The number of aryl methyl sites for hydroxylation is 5. The van der Waals surface area contributed by atoms with E-state index in [2.05, 4.69) is 25.7 Å². The van der Waals surface area contributed by atoms with Gasteiger partial charge in [0.25, 0.3) is 5.91 Å². The Bertz CT molecular complexity index is 1790. The largest absolute Gasteiger partial charge is 0.366 e. The maximum absolute atomic E-state index is 13.2. The SMILES string of the molecule is CCn1nc(C)cc1C(=O)Nc1nc2cc(C(N)=O)ccc2n1CCCCn1c(NC(C)=O)nc2cccc(C)c21. The molecule has 3 heterocycles. The number of carbonyl (C=O) groups is 3. The molecule has 4 N–H and O–H groups in total. The number of primary amides is 1. The summed E-state index contributed by atoms with van der Waals surface area (Å²) in [6.07, 6.45) is 1.50. The third-order valence-electron chi connectivity index (χ3n) is 6.96. The number of nitrogens with one attached hydrogen (secondary N) is 2. The fourth-order valence-corrected chi connectivity index (χ4v) is 5.12. The van der Waals surface area contributed by atoms with Crippen LogP contribution in [0.1, 0.15) is 58.8 Å². The van der Waals surface area contributed by atoms with Crippen LogP contribution in [0.25, 0.3) is 22.1 Å². The second-order valence-electron chi connectivity index (χ2n) is 10.0. The van der Waals surface area contributed by atoms with Gasteiger partial charge in [0, 0.05) is 32.1 Å². The van der Waals surface area contributed by atoms with Crippen LogP contribution in [0, 0.1) is 13.8 Å². The summed E-state index contributed by atoms with van der Waals surface area (Å²) in [5, 5.41) is 10.2. The van der Waals surface area contributed by atoms with E-state index in [1.54, 1.807) is 28.9 Å². The first kappa shape index (κ1) is 27.6. The van der Waals surface area contributed by atoms with Gasteiger partial charge in [-0.2, -0.15) is 5.10 Å². The molecule has 0 bridgehead atoms. The van der Waals surface area contributed by atoms with Crippen LogP contribution in [0.15, 0.2) is 42.5 Å². The second-order valence-corrected chi connectivity index (χ2v) is 10.0. The number of nitrogens with two attached hydrogens (primary N) is 1. The number of rotatable bonds is 10. The van der Waals surface area contributed by atoms with Crippen LogP contribution in [-0.4, -0.2) is 46.6 Å². The Morgan fingerprint density at radius 3 is 2.32 bits per heavy atom. The topological polar surface area (TPSA) is 155 Å². The van der Waals surface area contributed by atoms with Crippen LogP contribution >= 0.6 is 0 Å². The molecule has 212 valence electrons. The molecule has 3 amide bonds. The fraction of sp³-hybridized carbons (Fsp3) is 0.310. The number of imidazole rings is 2. The van der Waals surface area contributed by atoms with Gasteiger partial charge in [-0.15, -0.1) is 0 Å². The van der Waals surface area contributed by atoms with Crippen molar-refractivity contribution in [2.75, 3.05) is 10.6 Å². The Morgan fingerprint density at radius 1 is 0.902 bits per heavy atom. The number of carbonyl (C=O) groups excluding carboxylic acids is 3. The molecule has 2 aromatic carbocycles. The zero-order valence-corrected chi connectivity index (χ0v) is 23.6. The summed E-state index contributed by atoms with van der Waals surface area (Å²) in [6.45, 7) is 8.99. The molecule has 5 aromatic rings. The van der Waals surface area contributed by atoms with Crippen molar-refractivity contribution in [1.29, 1.82) is 0 Å². The molecule has 0 radical (unpaired) electrons. The van der Waals surface area contributed by atoms with Crippen LogP contribution in [0.3, 0.4) is 0 Å². The minimum atomic E-state index is -0.549. The van der Waals surface area contributed by atoms with E-state index < -0.39 is 5.91 Å². The second kappa shape index (κ2) is 11.2. The number of fused-ring (bicyclic) bond motifs is 2. The number of nitrogens with zero attached hydrogens (tertiary/aromatic N) is 6. The number of aromatic nitrogens is 6. The molecule has 0 saturated heterocycles. The summed E-state index contributed by atoms with van der Waals surface area (Å²) in [5.41, 5.74) is 11.2. The first-order valence-electron chi connectivity index (χ1n) is 13.6. The lowest BCUT2D eigenvalue weighted by atomic mass is 10.2. The van der Waals surface area contributed by atoms with Gasteiger partial charge in [0.05, 0.1) is 27.8 Å². The van der Waals surface area contributed by atoms with Crippen molar-refractivity contribution in [3.8, 4) is 0 Å². The third-order valence-corrected chi connectivity index (χ3v) is 6.96. The summed E-state index contributed by atoms with van der Waals surface area (Å²) in [5.74, 6) is -0.160. The number of anilines is 2. The maximum Gasteiger partial charge on any atom is 0.276 e. The molecule has 0 fully saturated rings. The third kappa shape index (κ3) is 5.53. The Hall–Kier alpha value is -5.00. The molecule has 5 rings (SSSR count). The zero-order valence-electron chi connectivity index (χ0n) is 23.6. The quantitative estimate of drug-likeness (QED) is 0.221. The Labute approximate surface area is 236 Å². The lowest BCUT2D eigenvalue weighted by molar-refractivity contribution is -0.114. The van der Waals surface area contributed by atoms with E-state index >= 15 is 0 Å². The van der Waals surface area contributed by atoms with Gasteiger partial charge in [-0.1, -0.05) is 12.1 Å². The molecule has 0 saturated carbocycles. The van der Waals surface area contributed by atoms with E-state index in [4.69, 9.17) is 5.73 Å². The van der Waals surface area contributed by atoms with Crippen molar-refractivity contribution in [3.05, 3.63) is 65.0 Å². The van der Waals surface area contributed by atoms with Gasteiger partial charge in [0.15, 0.2) is 0 Å². The van der Waals surface area contributed by atoms with E-state index in [-0.39, 0.29) is 11.8 Å². The predicted molar refractivity (Wildman–Crippen MR) is 157 cm³/mol. The van der Waals surface area contributed by atoms with E-state index in [0.717, 1.165) is 40.6 Å². The van der Waals surface area contributed by atoms with Crippen LogP contribution in [0.5, 0.6) is 0 Å². The predicted octanol–water partition coefficient (Wildman–Crippen LogP) is 4.01. The van der Waals surface area contributed by atoms with Crippen molar-refractivity contribution in [2.45, 2.75) is 60.2 Å². The van der Waals surface area contributed by atoms with E-state index in [9.17, 15) is 14.4 Å². The average molecular weight is 556 g/mol. The minimum Gasteiger partial charge on any atom is -0.366 e. The van der Waals surface area contributed by atoms with E-state index in [1.165, 1.54) is 6.92 Å². The van der Waals surface area contributed by atoms with Crippen LogP contribution in [0.2, 0.25) is 0 Å². The molecule has 3 aromatic heterocycles. The highest BCUT2D eigenvalue weighted by Gasteiger charge is 2.19. The summed E-state index contributed by atoms with van der Waals surface area (Å²) < 4.78 is 5.62. The number of unbranched alkanes of at least 4 members (excludes halogenated alkanes) is 1. The fourth-order valence-electron chi connectivity index (χ4n) is 5.12. The highest BCUT2D eigenvalue weighted by molar-refractivity contribution is 6.03. The minimum absolute atomic E-state index is 0.181. The number of benzene rings is 2. The monoisotopic (exact) mass is 555 g/mol. The van der Waals surface area contributed by atoms with Crippen LogP contribution in [-0.2, 0) is 24.4 Å². The number of hydrogen-bond acceptors (Lipinski definition) is 6. The first-order valence-corrected chi connectivity index (χ1v) is 13.6. The van der Waals surface area contributed by atoms with Gasteiger partial charge < -0.3 is 14.9 Å². The summed E-state index contributed by atoms with van der Waals surface area (Å²) in [7, 11) is 0. The van der Waals surface area contributed by atoms with Crippen molar-refractivity contribution in [1.82, 2.24) is 28.9 Å². The van der Waals surface area contributed by atoms with Crippen molar-refractivity contribution in [3.63, 3.8) is 0 Å². The Kier molecular flexibility index (Phi) is 7.56. The van der Waals surface area contributed by atoms with Crippen molar-refractivity contribution in [2.24, 2.45) is 5.73 Å². The van der Waals surface area contributed by atoms with Gasteiger partial charge in [0.2, 0.25) is 23.7 Å². The summed E-state index contributed by atoms with van der Waals surface area (Å²) in [4.78, 5) is 46.1. The van der Waals surface area contributed by atoms with Gasteiger partial charge >= 0.3 is 0 Å². The lowest BCUT2D eigenvalue weighted by Gasteiger charge is -2.13. The van der Waals surface area contributed by atoms with Crippen molar-refractivity contribution >= 4 is 51.7 Å². The van der Waals surface area contributed by atoms with Crippen LogP contribution < -0.4 is 16.4 Å². The molecule has 0 unspecified atom stereocenters. The molecule has 0 aliphatic carbocycles. The van der Waals surface area contributed by atoms with Gasteiger partial charge in [0.1, 0.15) is 5.69 Å². The number of hydrogen-bond donors (Lipinski definition) is 3. The molecule has 0 spiro atoms. The molecule has 12 nitrogen and oxygen atoms in total. The summed E-state index contributed by atoms with van der Waals surface area (Å²) in [6, 6.07) is 12.7. The number of para-hydroxylation sites is 1. The van der Waals surface area contributed by atoms with Gasteiger partial charge in [-0.3, -0.25) is 29.7 Å². The highest BCUT2D eigenvalue weighted by Crippen LogP contribution is 2.25. The maximum atomic E-state index is 13.2.